The number of benzene rings is 1. The molecule has 1 N–H and O–H groups in total. The molecular weight excluding hydrogens is 258 g/mol. The van der Waals surface area contributed by atoms with Crippen LogP contribution in [-0.2, 0) is 4.74 Å². The molecule has 104 valence electrons. The van der Waals surface area contributed by atoms with Crippen LogP contribution in [0.2, 0.25) is 0 Å². The number of nitrogens with one attached hydrogen (secondary N) is 1. The second-order valence-corrected chi connectivity index (χ2v) is 4.04. The van der Waals surface area contributed by atoms with Crippen LogP contribution < -0.4 is 10.1 Å². The molecule has 6 nitrogen and oxygen atoms in total. The van der Waals surface area contributed by atoms with Gasteiger partial charge in [-0.25, -0.2) is 9.78 Å². The number of methoxy groups -OCH3 is 1. The molecule has 0 aliphatic rings. The minimum absolute atomic E-state index is 0.0191. The summed E-state index contributed by atoms with van der Waals surface area (Å²) in [5.41, 5.74) is 1.61. The maximum Gasteiger partial charge on any atom is 0.376 e. The molecule has 2 rings (SSSR count). The van der Waals surface area contributed by atoms with Crippen molar-refractivity contribution in [3.05, 3.63) is 41.9 Å². The third kappa shape index (κ3) is 3.23. The average molecular weight is 273 g/mol. The zero-order valence-corrected chi connectivity index (χ0v) is 11.5. The molecule has 0 amide bonds. The topological polar surface area (TPSA) is 73.3 Å². The fourth-order valence-electron chi connectivity index (χ4n) is 1.58. The Hall–Kier alpha value is -2.63. The number of hydrogen-bond donors (Lipinski definition) is 1. The Labute approximate surface area is 116 Å². The van der Waals surface area contributed by atoms with Gasteiger partial charge in [0.15, 0.2) is 0 Å². The summed E-state index contributed by atoms with van der Waals surface area (Å²) in [7, 11) is 3.12. The van der Waals surface area contributed by atoms with Crippen LogP contribution in [0, 0.1) is 6.92 Å². The highest BCUT2D eigenvalue weighted by Gasteiger charge is 2.12. The first-order chi connectivity index (χ1) is 9.62. The molecule has 20 heavy (non-hydrogen) atoms. The number of ether oxygens (including phenoxy) is 2. The average Bonchev–Trinajstić information content (AvgIpc) is 2.46. The largest absolute Gasteiger partial charge is 0.463 e. The van der Waals surface area contributed by atoms with Crippen LogP contribution in [0.25, 0.3) is 0 Å². The van der Waals surface area contributed by atoms with Gasteiger partial charge in [-0.05, 0) is 31.2 Å². The molecule has 1 aromatic carbocycles. The van der Waals surface area contributed by atoms with Gasteiger partial charge >= 0.3 is 5.97 Å². The lowest BCUT2D eigenvalue weighted by Crippen LogP contribution is -2.09. The molecule has 0 unspecified atom stereocenters. The summed E-state index contributed by atoms with van der Waals surface area (Å²) in [6.07, 6.45) is 0. The molecule has 2 aromatic rings. The van der Waals surface area contributed by atoms with E-state index in [0.29, 0.717) is 17.3 Å². The molecular formula is C14H15N3O3. The number of rotatable bonds is 4. The smallest absolute Gasteiger partial charge is 0.376 e. The third-order valence-corrected chi connectivity index (χ3v) is 2.56. The van der Waals surface area contributed by atoms with Crippen LogP contribution in [0.4, 0.5) is 5.69 Å². The lowest BCUT2D eigenvalue weighted by atomic mass is 10.3. The van der Waals surface area contributed by atoms with Crippen LogP contribution in [0.3, 0.4) is 0 Å². The van der Waals surface area contributed by atoms with Gasteiger partial charge in [-0.1, -0.05) is 0 Å². The fourth-order valence-corrected chi connectivity index (χ4v) is 1.58. The van der Waals surface area contributed by atoms with Crippen LogP contribution in [0.5, 0.6) is 11.6 Å². The highest BCUT2D eigenvalue weighted by molar-refractivity contribution is 5.85. The number of hydrogen-bond acceptors (Lipinski definition) is 6. The van der Waals surface area contributed by atoms with Gasteiger partial charge in [0.2, 0.25) is 11.7 Å². The van der Waals surface area contributed by atoms with Crippen molar-refractivity contribution in [3.63, 3.8) is 0 Å². The second kappa shape index (κ2) is 6.01. The van der Waals surface area contributed by atoms with E-state index in [1.54, 1.807) is 25.1 Å². The van der Waals surface area contributed by atoms with Crippen molar-refractivity contribution >= 4 is 11.7 Å². The van der Waals surface area contributed by atoms with Gasteiger partial charge in [0.05, 0.1) is 7.11 Å². The Morgan fingerprint density at radius 2 is 1.90 bits per heavy atom. The van der Waals surface area contributed by atoms with Crippen molar-refractivity contribution in [2.45, 2.75) is 6.92 Å². The number of carbonyl (C=O) groups excluding carboxylic acids is 1. The van der Waals surface area contributed by atoms with Gasteiger partial charge in [0.1, 0.15) is 5.75 Å². The van der Waals surface area contributed by atoms with Gasteiger partial charge in [0.25, 0.3) is 0 Å². The monoisotopic (exact) mass is 273 g/mol. The molecule has 0 aliphatic heterocycles. The van der Waals surface area contributed by atoms with Gasteiger partial charge in [0, 0.05) is 24.5 Å². The van der Waals surface area contributed by atoms with Crippen LogP contribution >= 0.6 is 0 Å². The van der Waals surface area contributed by atoms with E-state index in [2.05, 4.69) is 20.0 Å². The van der Waals surface area contributed by atoms with E-state index in [4.69, 9.17) is 4.74 Å². The summed E-state index contributed by atoms with van der Waals surface area (Å²) >= 11 is 0. The Kier molecular flexibility index (Phi) is 4.14. The van der Waals surface area contributed by atoms with Crippen molar-refractivity contribution in [3.8, 4) is 11.6 Å². The Balaban J connectivity index is 2.23. The van der Waals surface area contributed by atoms with E-state index in [9.17, 15) is 4.79 Å². The summed E-state index contributed by atoms with van der Waals surface area (Å²) in [5.74, 6) is 0.312. The quantitative estimate of drug-likeness (QED) is 0.862. The number of esters is 1. The second-order valence-electron chi connectivity index (χ2n) is 4.04. The van der Waals surface area contributed by atoms with Crippen LogP contribution in [0.1, 0.15) is 16.3 Å². The van der Waals surface area contributed by atoms with Gasteiger partial charge in [-0.15, -0.1) is 0 Å². The van der Waals surface area contributed by atoms with E-state index >= 15 is 0 Å². The predicted molar refractivity (Wildman–Crippen MR) is 74.2 cm³/mol. The molecule has 6 heteroatoms. The van der Waals surface area contributed by atoms with Gasteiger partial charge < -0.3 is 14.8 Å². The molecule has 0 atom stereocenters. The summed E-state index contributed by atoms with van der Waals surface area (Å²) in [5, 5.41) is 3.02. The summed E-state index contributed by atoms with van der Waals surface area (Å²) in [6, 6.07) is 9.02. The fraction of sp³-hybridized carbons (Fsp3) is 0.214. The summed E-state index contributed by atoms with van der Waals surface area (Å²) < 4.78 is 10.2. The molecule has 0 saturated heterocycles. The first kappa shape index (κ1) is 13.8. The van der Waals surface area contributed by atoms with Gasteiger partial charge in [-0.3, -0.25) is 0 Å². The lowest BCUT2D eigenvalue weighted by Gasteiger charge is -2.07. The molecule has 0 spiro atoms. The van der Waals surface area contributed by atoms with Gasteiger partial charge in [-0.2, -0.15) is 4.98 Å². The maximum absolute atomic E-state index is 11.4. The van der Waals surface area contributed by atoms with Crippen LogP contribution in [-0.4, -0.2) is 30.1 Å². The highest BCUT2D eigenvalue weighted by atomic mass is 16.5. The van der Waals surface area contributed by atoms with E-state index in [1.807, 2.05) is 19.2 Å². The Bertz CT molecular complexity index is 612. The van der Waals surface area contributed by atoms with Crippen molar-refractivity contribution in [2.75, 3.05) is 19.5 Å². The van der Waals surface area contributed by atoms with Crippen molar-refractivity contribution < 1.29 is 14.3 Å². The first-order valence-electron chi connectivity index (χ1n) is 6.02. The number of nitrogens with zero attached hydrogens (tertiary/aromatic N) is 2. The van der Waals surface area contributed by atoms with Crippen molar-refractivity contribution in [2.24, 2.45) is 0 Å². The van der Waals surface area contributed by atoms with E-state index < -0.39 is 5.97 Å². The number of carbonyl (C=O) groups is 1. The third-order valence-electron chi connectivity index (χ3n) is 2.56. The first-order valence-corrected chi connectivity index (χ1v) is 6.02. The van der Waals surface area contributed by atoms with Crippen molar-refractivity contribution in [1.29, 1.82) is 0 Å². The molecule has 1 heterocycles. The van der Waals surface area contributed by atoms with E-state index in [1.165, 1.54) is 7.11 Å². The number of anilines is 1. The Morgan fingerprint density at radius 1 is 1.20 bits per heavy atom. The SMILES string of the molecule is CNc1ccc(Oc2cc(C)nc(C(=O)OC)n2)cc1. The van der Waals surface area contributed by atoms with Crippen LogP contribution in [0.15, 0.2) is 30.3 Å². The van der Waals surface area contributed by atoms with Crippen molar-refractivity contribution in [1.82, 2.24) is 9.97 Å². The zero-order chi connectivity index (χ0) is 14.5. The normalized spacial score (nSPS) is 9.95. The number of aromatic nitrogens is 2. The summed E-state index contributed by atoms with van der Waals surface area (Å²) in [6.45, 7) is 1.76. The number of aryl methyl sites for hydroxylation is 1. The minimum Gasteiger partial charge on any atom is -0.463 e. The maximum atomic E-state index is 11.4. The van der Waals surface area contributed by atoms with E-state index in [-0.39, 0.29) is 5.82 Å². The predicted octanol–water partition coefficient (Wildman–Crippen LogP) is 2.41. The molecule has 0 bridgehead atoms. The molecule has 0 saturated carbocycles. The standard InChI is InChI=1S/C14H15N3O3/c1-9-8-12(17-13(16-9)14(18)19-3)20-11-6-4-10(15-2)5-7-11/h4-8,15H,1-3H3. The zero-order valence-electron chi connectivity index (χ0n) is 11.5. The van der Waals surface area contributed by atoms with E-state index in [0.717, 1.165) is 5.69 Å². The molecule has 0 fully saturated rings. The Morgan fingerprint density at radius 3 is 2.50 bits per heavy atom. The lowest BCUT2D eigenvalue weighted by molar-refractivity contribution is 0.0585. The molecule has 1 aromatic heterocycles. The minimum atomic E-state index is -0.593. The summed E-state index contributed by atoms with van der Waals surface area (Å²) in [4.78, 5) is 19.5. The highest BCUT2D eigenvalue weighted by Crippen LogP contribution is 2.22. The molecule has 0 radical (unpaired) electrons. The molecule has 0 aliphatic carbocycles.